The van der Waals surface area contributed by atoms with Crippen LogP contribution >= 0.6 is 11.3 Å². The average molecular weight is 463 g/mol. The van der Waals surface area contributed by atoms with E-state index in [4.69, 9.17) is 9.47 Å². The molecule has 0 spiro atoms. The van der Waals surface area contributed by atoms with Crippen LogP contribution < -0.4 is 9.47 Å². The van der Waals surface area contributed by atoms with Gasteiger partial charge in [-0.1, -0.05) is 36.4 Å². The Labute approximate surface area is 197 Å². The molecule has 0 N–H and O–H groups in total. The quantitative estimate of drug-likeness (QED) is 0.571. The number of carbonyl (C=O) groups is 2. The largest absolute Gasteiger partial charge is 0.493 e. The fourth-order valence-corrected chi connectivity index (χ4v) is 5.28. The summed E-state index contributed by atoms with van der Waals surface area (Å²) in [7, 11) is 1.63. The zero-order valence-electron chi connectivity index (χ0n) is 18.5. The third-order valence-electron chi connectivity index (χ3n) is 6.29. The second kappa shape index (κ2) is 9.27. The van der Waals surface area contributed by atoms with Crippen molar-refractivity contribution in [2.45, 2.75) is 18.9 Å². The lowest BCUT2D eigenvalue weighted by Gasteiger charge is -2.24. The zero-order chi connectivity index (χ0) is 22.8. The Kier molecular flexibility index (Phi) is 6.05. The summed E-state index contributed by atoms with van der Waals surface area (Å²) in [6.07, 6.45) is 0.449. The Morgan fingerprint density at radius 2 is 2.03 bits per heavy atom. The number of thiophene rings is 1. The van der Waals surface area contributed by atoms with Gasteiger partial charge in [-0.3, -0.25) is 9.59 Å². The van der Waals surface area contributed by atoms with Gasteiger partial charge < -0.3 is 19.3 Å². The zero-order valence-corrected chi connectivity index (χ0v) is 19.3. The molecular weight excluding hydrogens is 436 g/mol. The number of nitrogens with zero attached hydrogens (tertiary/aromatic N) is 2. The molecule has 2 aliphatic heterocycles. The van der Waals surface area contributed by atoms with Crippen LogP contribution in [0.2, 0.25) is 0 Å². The highest BCUT2D eigenvalue weighted by molar-refractivity contribution is 7.13. The second-order valence-electron chi connectivity index (χ2n) is 8.39. The van der Waals surface area contributed by atoms with Gasteiger partial charge in [-0.2, -0.15) is 0 Å². The first-order valence-electron chi connectivity index (χ1n) is 11.1. The van der Waals surface area contributed by atoms with E-state index in [9.17, 15) is 9.59 Å². The van der Waals surface area contributed by atoms with Crippen LogP contribution in [0.25, 0.3) is 10.4 Å². The molecule has 1 fully saturated rings. The van der Waals surface area contributed by atoms with Gasteiger partial charge in [0.1, 0.15) is 6.61 Å². The first kappa shape index (κ1) is 21.5. The van der Waals surface area contributed by atoms with Crippen molar-refractivity contribution in [3.05, 3.63) is 71.1 Å². The topological polar surface area (TPSA) is 59.1 Å². The van der Waals surface area contributed by atoms with E-state index in [1.165, 1.54) is 0 Å². The lowest BCUT2D eigenvalue weighted by molar-refractivity contribution is -0.138. The van der Waals surface area contributed by atoms with Crippen LogP contribution in [0, 0.1) is 0 Å². The number of rotatable bonds is 5. The maximum atomic E-state index is 13.2. The summed E-state index contributed by atoms with van der Waals surface area (Å²) in [6, 6.07) is 18.2. The minimum absolute atomic E-state index is 0.0327. The molecule has 0 saturated carbocycles. The summed E-state index contributed by atoms with van der Waals surface area (Å²) in [5, 5.41) is 2.04. The van der Waals surface area contributed by atoms with Crippen LogP contribution in [-0.2, 0) is 16.1 Å². The monoisotopic (exact) mass is 462 g/mol. The maximum Gasteiger partial charge on any atom is 0.242 e. The van der Waals surface area contributed by atoms with E-state index in [-0.39, 0.29) is 24.3 Å². The number of ether oxygens (including phenoxy) is 2. The van der Waals surface area contributed by atoms with Gasteiger partial charge in [-0.25, -0.2) is 0 Å². The molecule has 1 aromatic heterocycles. The molecule has 2 amide bonds. The normalized spacial score (nSPS) is 18.0. The molecular formula is C26H26N2O4S. The lowest BCUT2D eigenvalue weighted by atomic mass is 9.99. The Hall–Kier alpha value is -3.32. The van der Waals surface area contributed by atoms with Crippen molar-refractivity contribution in [3.63, 3.8) is 0 Å². The number of benzene rings is 2. The number of amides is 2. The van der Waals surface area contributed by atoms with Crippen molar-refractivity contribution in [1.29, 1.82) is 0 Å². The standard InChI is InChI=1S/C26H26N2O4S/c1-31-22-13-19(23-8-5-11-33-23)12-21-16-27(9-10-32-26(21)22)25(30)17-28-15-20(14-24(28)29)18-6-3-2-4-7-18/h2-8,11-13,20H,9-10,14-17H2,1H3/t20-/m1/s1. The Morgan fingerprint density at radius 3 is 2.79 bits per heavy atom. The summed E-state index contributed by atoms with van der Waals surface area (Å²) < 4.78 is 11.6. The highest BCUT2D eigenvalue weighted by Crippen LogP contribution is 2.39. The molecule has 5 rings (SSSR count). The van der Waals surface area contributed by atoms with Crippen molar-refractivity contribution in [2.75, 3.05) is 33.4 Å². The number of hydrogen-bond acceptors (Lipinski definition) is 5. The molecule has 2 aliphatic rings. The summed E-state index contributed by atoms with van der Waals surface area (Å²) in [6.45, 7) is 1.95. The molecule has 0 aliphatic carbocycles. The van der Waals surface area contributed by atoms with Crippen molar-refractivity contribution < 1.29 is 19.1 Å². The smallest absolute Gasteiger partial charge is 0.242 e. The van der Waals surface area contributed by atoms with E-state index in [1.807, 2.05) is 47.8 Å². The van der Waals surface area contributed by atoms with Crippen molar-refractivity contribution in [3.8, 4) is 21.9 Å². The fraction of sp³-hybridized carbons (Fsp3) is 0.308. The molecule has 0 radical (unpaired) electrons. The highest BCUT2D eigenvalue weighted by atomic mass is 32.1. The van der Waals surface area contributed by atoms with E-state index >= 15 is 0 Å². The molecule has 1 atom stereocenters. The fourth-order valence-electron chi connectivity index (χ4n) is 4.57. The van der Waals surface area contributed by atoms with Crippen molar-refractivity contribution >= 4 is 23.2 Å². The van der Waals surface area contributed by atoms with Crippen molar-refractivity contribution in [1.82, 2.24) is 9.80 Å². The first-order chi connectivity index (χ1) is 16.1. The molecule has 3 aromatic rings. The van der Waals surface area contributed by atoms with Crippen LogP contribution in [0.5, 0.6) is 11.5 Å². The van der Waals surface area contributed by atoms with Gasteiger partial charge in [-0.05, 0) is 34.7 Å². The Balaban J connectivity index is 1.32. The molecule has 6 nitrogen and oxygen atoms in total. The number of carbonyl (C=O) groups excluding carboxylic acids is 2. The predicted molar refractivity (Wildman–Crippen MR) is 128 cm³/mol. The van der Waals surface area contributed by atoms with E-state index in [1.54, 1.807) is 28.2 Å². The molecule has 7 heteroatoms. The van der Waals surface area contributed by atoms with E-state index in [0.717, 1.165) is 21.6 Å². The number of methoxy groups -OCH3 is 1. The molecule has 0 bridgehead atoms. The van der Waals surface area contributed by atoms with E-state index in [2.05, 4.69) is 12.1 Å². The van der Waals surface area contributed by atoms with Crippen LogP contribution in [0.15, 0.2) is 60.0 Å². The third kappa shape index (κ3) is 4.46. The van der Waals surface area contributed by atoms with Gasteiger partial charge in [0.05, 0.1) is 20.2 Å². The summed E-state index contributed by atoms with van der Waals surface area (Å²) >= 11 is 1.66. The molecule has 33 heavy (non-hydrogen) atoms. The molecule has 170 valence electrons. The van der Waals surface area contributed by atoms with Gasteiger partial charge in [0.2, 0.25) is 11.8 Å². The van der Waals surface area contributed by atoms with Crippen LogP contribution in [0.1, 0.15) is 23.5 Å². The van der Waals surface area contributed by atoms with Crippen LogP contribution in [0.3, 0.4) is 0 Å². The van der Waals surface area contributed by atoms with Crippen LogP contribution in [-0.4, -0.2) is 55.0 Å². The predicted octanol–water partition coefficient (Wildman–Crippen LogP) is 4.16. The molecule has 2 aromatic carbocycles. The lowest BCUT2D eigenvalue weighted by Crippen LogP contribution is -2.41. The molecule has 0 unspecified atom stereocenters. The van der Waals surface area contributed by atoms with E-state index in [0.29, 0.717) is 44.2 Å². The third-order valence-corrected chi connectivity index (χ3v) is 7.21. The summed E-state index contributed by atoms with van der Waals surface area (Å²) in [5.74, 6) is 1.47. The Morgan fingerprint density at radius 1 is 1.18 bits per heavy atom. The SMILES string of the molecule is COc1cc(-c2cccs2)cc2c1OCCN(C(=O)CN1C[C@H](c3ccccc3)CC1=O)C2. The van der Waals surface area contributed by atoms with Gasteiger partial charge in [0, 0.05) is 35.9 Å². The minimum atomic E-state index is -0.0611. The van der Waals surface area contributed by atoms with Gasteiger partial charge in [-0.15, -0.1) is 11.3 Å². The highest BCUT2D eigenvalue weighted by Gasteiger charge is 2.33. The summed E-state index contributed by atoms with van der Waals surface area (Å²) in [4.78, 5) is 30.4. The number of hydrogen-bond donors (Lipinski definition) is 0. The number of likely N-dealkylation sites (tertiary alicyclic amines) is 1. The second-order valence-corrected chi connectivity index (χ2v) is 9.34. The van der Waals surface area contributed by atoms with E-state index < -0.39 is 0 Å². The summed E-state index contributed by atoms with van der Waals surface area (Å²) in [5.41, 5.74) is 3.10. The molecule has 1 saturated heterocycles. The van der Waals surface area contributed by atoms with Crippen molar-refractivity contribution in [2.24, 2.45) is 0 Å². The maximum absolute atomic E-state index is 13.2. The van der Waals surface area contributed by atoms with Crippen LogP contribution in [0.4, 0.5) is 0 Å². The average Bonchev–Trinajstić information content (AvgIpc) is 3.44. The Bertz CT molecular complexity index is 1150. The number of fused-ring (bicyclic) bond motifs is 1. The van der Waals surface area contributed by atoms with Gasteiger partial charge in [0.25, 0.3) is 0 Å². The van der Waals surface area contributed by atoms with Gasteiger partial charge in [0.15, 0.2) is 11.5 Å². The van der Waals surface area contributed by atoms with Gasteiger partial charge >= 0.3 is 0 Å². The molecule has 3 heterocycles. The minimum Gasteiger partial charge on any atom is -0.493 e. The first-order valence-corrected chi connectivity index (χ1v) is 12.0.